The fourth-order valence-corrected chi connectivity index (χ4v) is 4.03. The lowest BCUT2D eigenvalue weighted by atomic mass is 9.98. The Bertz CT molecular complexity index is 1030. The number of rotatable bonds is 10. The Balaban J connectivity index is 1.59. The second kappa shape index (κ2) is 11.2. The molecule has 0 saturated carbocycles. The molecular weight excluding hydrogens is 469 g/mol. The first-order valence-corrected chi connectivity index (χ1v) is 10.9. The molecule has 0 radical (unpaired) electrons. The molecule has 0 aromatic heterocycles. The van der Waals surface area contributed by atoms with Gasteiger partial charge in [0.15, 0.2) is 0 Å². The predicted octanol–water partition coefficient (Wildman–Crippen LogP) is 3.19. The normalized spacial score (nSPS) is 14.4. The lowest BCUT2D eigenvalue weighted by molar-refractivity contribution is -0.157. The van der Waals surface area contributed by atoms with E-state index in [0.717, 1.165) is 22.3 Å². The van der Waals surface area contributed by atoms with Gasteiger partial charge >= 0.3 is 18.2 Å². The summed E-state index contributed by atoms with van der Waals surface area (Å²) in [5.74, 6) is -2.70. The highest BCUT2D eigenvalue weighted by atomic mass is 19.4. The molecule has 188 valence electrons. The first-order chi connectivity index (χ1) is 16.6. The van der Waals surface area contributed by atoms with E-state index in [0.29, 0.717) is 0 Å². The number of amides is 2. The van der Waals surface area contributed by atoms with Crippen LogP contribution in [0.15, 0.2) is 48.5 Å². The molecule has 0 spiro atoms. The van der Waals surface area contributed by atoms with Gasteiger partial charge in [-0.2, -0.15) is 13.2 Å². The molecule has 0 heterocycles. The summed E-state index contributed by atoms with van der Waals surface area (Å²) in [5, 5.41) is 21.6. The fourth-order valence-electron chi connectivity index (χ4n) is 4.03. The molecule has 1 aliphatic rings. The number of fused-ring (bicyclic) bond motifs is 3. The van der Waals surface area contributed by atoms with Crippen molar-refractivity contribution in [3.63, 3.8) is 0 Å². The third kappa shape index (κ3) is 6.50. The van der Waals surface area contributed by atoms with Crippen LogP contribution >= 0.6 is 0 Å². The minimum Gasteiger partial charge on any atom is -0.480 e. The fraction of sp³-hybridized carbons (Fsp3) is 0.375. The molecule has 11 heteroatoms. The number of carboxylic acid groups (broad SMARTS) is 1. The topological polar surface area (TPSA) is 125 Å². The van der Waals surface area contributed by atoms with Crippen LogP contribution in [0.3, 0.4) is 0 Å². The standard InChI is InChI=1S/C24H25F3N2O6/c25-24(26,27)20(9-10-21(31)28-19(11-12-30)22(32)33)29-23(34)35-13-18-16-7-3-1-5-14(16)15-6-2-4-8-17(15)18/h1-8,18-20,30H,9-13H2,(H,28,31)(H,29,34)(H,32,33)/t19-,20-/m0/s1. The highest BCUT2D eigenvalue weighted by Crippen LogP contribution is 2.44. The van der Waals surface area contributed by atoms with E-state index in [4.69, 9.17) is 14.9 Å². The highest BCUT2D eigenvalue weighted by Gasteiger charge is 2.41. The molecule has 2 amide bonds. The molecule has 0 bridgehead atoms. The molecule has 35 heavy (non-hydrogen) atoms. The Hall–Kier alpha value is -3.60. The van der Waals surface area contributed by atoms with E-state index < -0.39 is 55.7 Å². The van der Waals surface area contributed by atoms with E-state index in [1.165, 1.54) is 0 Å². The Morgan fingerprint density at radius 3 is 2.03 bits per heavy atom. The zero-order valence-corrected chi connectivity index (χ0v) is 18.5. The van der Waals surface area contributed by atoms with Crippen LogP contribution in [-0.2, 0) is 14.3 Å². The number of carbonyl (C=O) groups excluding carboxylic acids is 2. The van der Waals surface area contributed by atoms with Gasteiger partial charge in [0.25, 0.3) is 0 Å². The van der Waals surface area contributed by atoms with Crippen LogP contribution in [0.5, 0.6) is 0 Å². The monoisotopic (exact) mass is 494 g/mol. The Morgan fingerprint density at radius 2 is 1.51 bits per heavy atom. The summed E-state index contributed by atoms with van der Waals surface area (Å²) >= 11 is 0. The van der Waals surface area contributed by atoms with Gasteiger partial charge < -0.3 is 25.6 Å². The number of carbonyl (C=O) groups is 3. The Morgan fingerprint density at radius 1 is 0.943 bits per heavy atom. The first kappa shape index (κ1) is 26.0. The van der Waals surface area contributed by atoms with E-state index in [1.807, 2.05) is 53.8 Å². The maximum Gasteiger partial charge on any atom is 0.408 e. The van der Waals surface area contributed by atoms with Crippen LogP contribution in [0, 0.1) is 0 Å². The van der Waals surface area contributed by atoms with Crippen molar-refractivity contribution >= 4 is 18.0 Å². The predicted molar refractivity (Wildman–Crippen MR) is 119 cm³/mol. The van der Waals surface area contributed by atoms with Crippen LogP contribution in [0.1, 0.15) is 36.3 Å². The van der Waals surface area contributed by atoms with Crippen molar-refractivity contribution in [2.45, 2.75) is 43.4 Å². The molecule has 0 aliphatic heterocycles. The lowest BCUT2D eigenvalue weighted by Crippen LogP contribution is -2.47. The number of carboxylic acids is 1. The zero-order chi connectivity index (χ0) is 25.6. The molecule has 0 saturated heterocycles. The lowest BCUT2D eigenvalue weighted by Gasteiger charge is -2.22. The van der Waals surface area contributed by atoms with Gasteiger partial charge in [-0.05, 0) is 28.7 Å². The van der Waals surface area contributed by atoms with E-state index in [1.54, 1.807) is 5.32 Å². The third-order valence-corrected chi connectivity index (χ3v) is 5.74. The SMILES string of the molecule is O=C(CC[C@H](NC(=O)OCC1c2ccccc2-c2ccccc21)C(F)(F)F)N[C@@H](CCO)C(=O)O. The highest BCUT2D eigenvalue weighted by molar-refractivity contribution is 5.83. The van der Waals surface area contributed by atoms with Crippen molar-refractivity contribution < 1.29 is 42.5 Å². The van der Waals surface area contributed by atoms with Gasteiger partial charge in [-0.25, -0.2) is 9.59 Å². The van der Waals surface area contributed by atoms with Crippen molar-refractivity contribution in [2.75, 3.05) is 13.2 Å². The van der Waals surface area contributed by atoms with Crippen LogP contribution in [0.4, 0.5) is 18.0 Å². The van der Waals surface area contributed by atoms with E-state index in [2.05, 4.69) is 0 Å². The number of hydrogen-bond acceptors (Lipinski definition) is 5. The summed E-state index contributed by atoms with van der Waals surface area (Å²) in [6.45, 7) is -0.696. The van der Waals surface area contributed by atoms with Crippen molar-refractivity contribution in [3.05, 3.63) is 59.7 Å². The number of benzene rings is 2. The van der Waals surface area contributed by atoms with Crippen molar-refractivity contribution in [2.24, 2.45) is 0 Å². The minimum absolute atomic E-state index is 0.174. The first-order valence-electron chi connectivity index (χ1n) is 10.9. The number of nitrogens with one attached hydrogen (secondary N) is 2. The van der Waals surface area contributed by atoms with Crippen LogP contribution in [-0.4, -0.2) is 59.7 Å². The summed E-state index contributed by atoms with van der Waals surface area (Å²) < 4.78 is 45.5. The van der Waals surface area contributed by atoms with Gasteiger partial charge in [0.1, 0.15) is 18.7 Å². The smallest absolute Gasteiger partial charge is 0.408 e. The maximum atomic E-state index is 13.4. The van der Waals surface area contributed by atoms with Gasteiger partial charge in [-0.1, -0.05) is 48.5 Å². The second-order valence-corrected chi connectivity index (χ2v) is 8.07. The average molecular weight is 494 g/mol. The zero-order valence-electron chi connectivity index (χ0n) is 18.5. The number of hydrogen-bond donors (Lipinski definition) is 4. The summed E-state index contributed by atoms with van der Waals surface area (Å²) in [5.41, 5.74) is 3.75. The molecule has 0 fully saturated rings. The minimum atomic E-state index is -4.86. The number of aliphatic hydroxyl groups excluding tert-OH is 1. The molecule has 2 aromatic carbocycles. The van der Waals surface area contributed by atoms with Crippen molar-refractivity contribution in [1.29, 1.82) is 0 Å². The summed E-state index contributed by atoms with van der Waals surface area (Å²) in [6, 6.07) is 11.2. The molecular formula is C24H25F3N2O6. The molecule has 8 nitrogen and oxygen atoms in total. The van der Waals surface area contributed by atoms with Crippen molar-refractivity contribution in [1.82, 2.24) is 10.6 Å². The van der Waals surface area contributed by atoms with Gasteiger partial charge in [0.05, 0.1) is 0 Å². The molecule has 2 aromatic rings. The number of aliphatic carboxylic acids is 1. The largest absolute Gasteiger partial charge is 0.480 e. The molecule has 4 N–H and O–H groups in total. The van der Waals surface area contributed by atoms with Gasteiger partial charge in [-0.3, -0.25) is 4.79 Å². The van der Waals surface area contributed by atoms with Gasteiger partial charge in [0, 0.05) is 25.4 Å². The van der Waals surface area contributed by atoms with E-state index >= 15 is 0 Å². The van der Waals surface area contributed by atoms with Crippen LogP contribution in [0.2, 0.25) is 0 Å². The van der Waals surface area contributed by atoms with Gasteiger partial charge in [-0.15, -0.1) is 0 Å². The summed E-state index contributed by atoms with van der Waals surface area (Å²) in [4.78, 5) is 35.2. The molecule has 1 aliphatic carbocycles. The number of aliphatic hydroxyl groups is 1. The maximum absolute atomic E-state index is 13.4. The Kier molecular flexibility index (Phi) is 8.34. The third-order valence-electron chi connectivity index (χ3n) is 5.74. The number of alkyl carbamates (subject to hydrolysis) is 1. The average Bonchev–Trinajstić information content (AvgIpc) is 3.13. The second-order valence-electron chi connectivity index (χ2n) is 8.07. The van der Waals surface area contributed by atoms with Crippen molar-refractivity contribution in [3.8, 4) is 11.1 Å². The van der Waals surface area contributed by atoms with Gasteiger partial charge in [0.2, 0.25) is 5.91 Å². The van der Waals surface area contributed by atoms with Crippen LogP contribution in [0.25, 0.3) is 11.1 Å². The molecule has 3 rings (SSSR count). The Labute approximate surface area is 199 Å². The number of ether oxygens (including phenoxy) is 1. The molecule has 2 atom stereocenters. The quantitative estimate of drug-likeness (QED) is 0.402. The molecule has 0 unspecified atom stereocenters. The van der Waals surface area contributed by atoms with Crippen LogP contribution < -0.4 is 10.6 Å². The van der Waals surface area contributed by atoms with E-state index in [-0.39, 0.29) is 18.9 Å². The number of halogens is 3. The summed E-state index contributed by atoms with van der Waals surface area (Å²) in [6.07, 6.45) is -7.93. The summed E-state index contributed by atoms with van der Waals surface area (Å²) in [7, 11) is 0. The van der Waals surface area contributed by atoms with E-state index in [9.17, 15) is 27.6 Å². The number of alkyl halides is 3.